The molecule has 1 saturated carbocycles. The van der Waals surface area contributed by atoms with Gasteiger partial charge < -0.3 is 15.7 Å². The Hall–Kier alpha value is -0.540. The zero-order valence-electron chi connectivity index (χ0n) is 14.3. The van der Waals surface area contributed by atoms with Crippen LogP contribution in [0.15, 0.2) is 28.1 Å². The highest BCUT2D eigenvalue weighted by Crippen LogP contribution is 2.27. The van der Waals surface area contributed by atoms with Crippen molar-refractivity contribution in [3.63, 3.8) is 0 Å². The van der Waals surface area contributed by atoms with Crippen molar-refractivity contribution >= 4 is 41.7 Å². The summed E-state index contributed by atoms with van der Waals surface area (Å²) in [5.41, 5.74) is 0.260. The van der Waals surface area contributed by atoms with Gasteiger partial charge in [0.1, 0.15) is 5.82 Å². The molecule has 0 amide bonds. The third-order valence-corrected chi connectivity index (χ3v) is 5.12. The molecule has 1 aromatic rings. The summed E-state index contributed by atoms with van der Waals surface area (Å²) in [4.78, 5) is 5.22. The van der Waals surface area contributed by atoms with Crippen molar-refractivity contribution in [1.82, 2.24) is 10.6 Å². The van der Waals surface area contributed by atoms with Gasteiger partial charge in [0.15, 0.2) is 5.96 Å². The maximum absolute atomic E-state index is 13.4. The molecular formula is C17H27FIN3OS. The maximum Gasteiger partial charge on any atom is 0.191 e. The van der Waals surface area contributed by atoms with Crippen LogP contribution >= 0.6 is 35.7 Å². The van der Waals surface area contributed by atoms with E-state index in [1.165, 1.54) is 12.5 Å². The Labute approximate surface area is 165 Å². The van der Waals surface area contributed by atoms with E-state index in [1.54, 1.807) is 30.9 Å². The van der Waals surface area contributed by atoms with Crippen molar-refractivity contribution in [2.24, 2.45) is 4.99 Å². The number of hydrogen-bond acceptors (Lipinski definition) is 3. The van der Waals surface area contributed by atoms with E-state index in [-0.39, 0.29) is 29.8 Å². The quantitative estimate of drug-likeness (QED) is 0.269. The number of benzene rings is 1. The summed E-state index contributed by atoms with van der Waals surface area (Å²) in [7, 11) is 1.70. The maximum atomic E-state index is 13.4. The first kappa shape index (κ1) is 21.5. The number of hydrogen-bond donors (Lipinski definition) is 3. The van der Waals surface area contributed by atoms with E-state index in [2.05, 4.69) is 15.6 Å². The standard InChI is InChI=1S/C17H26FN3OS.HI/c1-19-16(21-12-17(22)8-4-3-5-9-17)20-11-13-10-14(18)6-7-15(13)23-2;/h6-7,10,22H,3-5,8-9,11-12H2,1-2H3,(H2,19,20,21);1H. The van der Waals surface area contributed by atoms with Gasteiger partial charge in [-0.05, 0) is 42.9 Å². The van der Waals surface area contributed by atoms with Gasteiger partial charge in [0.2, 0.25) is 0 Å². The summed E-state index contributed by atoms with van der Waals surface area (Å²) in [6.45, 7) is 0.983. The van der Waals surface area contributed by atoms with E-state index < -0.39 is 5.60 Å². The number of halogens is 2. The van der Waals surface area contributed by atoms with Gasteiger partial charge in [-0.3, -0.25) is 4.99 Å². The Morgan fingerprint density at radius 1 is 1.29 bits per heavy atom. The summed E-state index contributed by atoms with van der Waals surface area (Å²) in [5.74, 6) is 0.388. The molecule has 2 rings (SSSR count). The number of rotatable bonds is 5. The zero-order chi connectivity index (χ0) is 16.7. The van der Waals surface area contributed by atoms with E-state index in [0.717, 1.165) is 36.1 Å². The van der Waals surface area contributed by atoms with Gasteiger partial charge in [-0.15, -0.1) is 35.7 Å². The fourth-order valence-electron chi connectivity index (χ4n) is 2.92. The predicted molar refractivity (Wildman–Crippen MR) is 110 cm³/mol. The van der Waals surface area contributed by atoms with Crippen LogP contribution in [-0.2, 0) is 6.54 Å². The number of nitrogens with zero attached hydrogens (tertiary/aromatic N) is 1. The first-order chi connectivity index (χ1) is 11.1. The van der Waals surface area contributed by atoms with Crippen LogP contribution in [0.2, 0.25) is 0 Å². The average Bonchev–Trinajstić information content (AvgIpc) is 2.56. The van der Waals surface area contributed by atoms with Gasteiger partial charge in [-0.2, -0.15) is 0 Å². The highest BCUT2D eigenvalue weighted by Gasteiger charge is 2.29. The molecule has 1 aliphatic rings. The van der Waals surface area contributed by atoms with E-state index in [0.29, 0.717) is 19.0 Å². The average molecular weight is 467 g/mol. The molecule has 4 nitrogen and oxygen atoms in total. The lowest BCUT2D eigenvalue weighted by molar-refractivity contribution is 0.00859. The summed E-state index contributed by atoms with van der Waals surface area (Å²) >= 11 is 1.59. The second-order valence-corrected chi connectivity index (χ2v) is 6.87. The monoisotopic (exact) mass is 467 g/mol. The minimum atomic E-state index is -0.640. The van der Waals surface area contributed by atoms with E-state index in [9.17, 15) is 9.50 Å². The van der Waals surface area contributed by atoms with Crippen LogP contribution in [0, 0.1) is 5.82 Å². The van der Waals surface area contributed by atoms with Gasteiger partial charge in [-0.1, -0.05) is 19.3 Å². The zero-order valence-corrected chi connectivity index (χ0v) is 17.4. The van der Waals surface area contributed by atoms with Crippen molar-refractivity contribution in [1.29, 1.82) is 0 Å². The Kier molecular flexibility index (Phi) is 9.36. The molecule has 0 atom stereocenters. The molecule has 0 radical (unpaired) electrons. The first-order valence-electron chi connectivity index (χ1n) is 8.06. The molecule has 3 N–H and O–H groups in total. The van der Waals surface area contributed by atoms with Gasteiger partial charge in [0.25, 0.3) is 0 Å². The number of guanidine groups is 1. The molecule has 0 saturated heterocycles. The number of aliphatic imine (C=N–C) groups is 1. The number of nitrogens with one attached hydrogen (secondary N) is 2. The Morgan fingerprint density at radius 2 is 2.00 bits per heavy atom. The van der Waals surface area contributed by atoms with E-state index >= 15 is 0 Å². The summed E-state index contributed by atoms with van der Waals surface area (Å²) in [5, 5.41) is 16.9. The molecule has 0 aromatic heterocycles. The molecule has 1 aliphatic carbocycles. The summed E-state index contributed by atoms with van der Waals surface area (Å²) in [6, 6.07) is 4.81. The highest BCUT2D eigenvalue weighted by atomic mass is 127. The molecule has 0 aliphatic heterocycles. The smallest absolute Gasteiger partial charge is 0.191 e. The summed E-state index contributed by atoms with van der Waals surface area (Å²) < 4.78 is 13.4. The normalized spacial score (nSPS) is 17.1. The van der Waals surface area contributed by atoms with Crippen molar-refractivity contribution < 1.29 is 9.50 Å². The molecule has 1 aromatic carbocycles. The SMILES string of the molecule is CN=C(NCc1cc(F)ccc1SC)NCC1(O)CCCCC1.I. The van der Waals surface area contributed by atoms with E-state index in [4.69, 9.17) is 0 Å². The lowest BCUT2D eigenvalue weighted by Crippen LogP contribution is -2.47. The summed E-state index contributed by atoms with van der Waals surface area (Å²) in [6.07, 6.45) is 6.99. The Bertz CT molecular complexity index is 551. The van der Waals surface area contributed by atoms with Crippen LogP contribution in [0.1, 0.15) is 37.7 Å². The van der Waals surface area contributed by atoms with Crippen molar-refractivity contribution in [3.8, 4) is 0 Å². The van der Waals surface area contributed by atoms with E-state index in [1.807, 2.05) is 6.26 Å². The number of thioether (sulfide) groups is 1. The van der Waals surface area contributed by atoms with Crippen LogP contribution in [0.3, 0.4) is 0 Å². The van der Waals surface area contributed by atoms with Crippen molar-refractivity contribution in [2.75, 3.05) is 19.8 Å². The minimum absolute atomic E-state index is 0. The lowest BCUT2D eigenvalue weighted by atomic mass is 9.85. The predicted octanol–water partition coefficient (Wildman–Crippen LogP) is 3.53. The third kappa shape index (κ3) is 6.40. The first-order valence-corrected chi connectivity index (χ1v) is 9.28. The second kappa shape index (κ2) is 10.5. The molecule has 7 heteroatoms. The third-order valence-electron chi connectivity index (χ3n) is 4.28. The van der Waals surface area contributed by atoms with Gasteiger partial charge in [-0.25, -0.2) is 4.39 Å². The van der Waals surface area contributed by atoms with Crippen molar-refractivity contribution in [3.05, 3.63) is 29.6 Å². The lowest BCUT2D eigenvalue weighted by Gasteiger charge is -2.32. The van der Waals surface area contributed by atoms with Crippen LogP contribution in [-0.4, -0.2) is 36.5 Å². The Morgan fingerprint density at radius 3 is 2.62 bits per heavy atom. The molecule has 24 heavy (non-hydrogen) atoms. The molecule has 0 bridgehead atoms. The molecule has 0 spiro atoms. The highest BCUT2D eigenvalue weighted by molar-refractivity contribution is 14.0. The number of aliphatic hydroxyl groups is 1. The molecule has 136 valence electrons. The largest absolute Gasteiger partial charge is 0.388 e. The van der Waals surface area contributed by atoms with Gasteiger partial charge >= 0.3 is 0 Å². The fraction of sp³-hybridized carbons (Fsp3) is 0.588. The minimum Gasteiger partial charge on any atom is -0.388 e. The van der Waals surface area contributed by atoms with Crippen molar-refractivity contribution in [2.45, 2.75) is 49.1 Å². The van der Waals surface area contributed by atoms with Gasteiger partial charge in [0, 0.05) is 25.0 Å². The molecule has 0 heterocycles. The van der Waals surface area contributed by atoms with Crippen LogP contribution < -0.4 is 10.6 Å². The van der Waals surface area contributed by atoms with Crippen LogP contribution in [0.5, 0.6) is 0 Å². The molecule has 1 fully saturated rings. The fourth-order valence-corrected chi connectivity index (χ4v) is 3.52. The molecule has 0 unspecified atom stereocenters. The second-order valence-electron chi connectivity index (χ2n) is 6.02. The van der Waals surface area contributed by atoms with Crippen LogP contribution in [0.4, 0.5) is 4.39 Å². The topological polar surface area (TPSA) is 56.7 Å². The van der Waals surface area contributed by atoms with Crippen LogP contribution in [0.25, 0.3) is 0 Å². The van der Waals surface area contributed by atoms with Gasteiger partial charge in [0.05, 0.1) is 5.60 Å². The molecular weight excluding hydrogens is 440 g/mol. The Balaban J connectivity index is 0.00000288.